The Labute approximate surface area is 125 Å². The van der Waals surface area contributed by atoms with Crippen LogP contribution in [0, 0.1) is 5.92 Å². The van der Waals surface area contributed by atoms with E-state index < -0.39 is 27.9 Å². The second-order valence-corrected chi connectivity index (χ2v) is 7.34. The third kappa shape index (κ3) is 2.92. The maximum atomic E-state index is 12.5. The minimum Gasteiger partial charge on any atom is -0.469 e. The summed E-state index contributed by atoms with van der Waals surface area (Å²) in [5.41, 5.74) is 1.04. The third-order valence-corrected chi connectivity index (χ3v) is 6.39. The summed E-state index contributed by atoms with van der Waals surface area (Å²) in [6.45, 7) is 0.230. The van der Waals surface area contributed by atoms with E-state index >= 15 is 0 Å². The molecule has 1 saturated heterocycles. The Morgan fingerprint density at radius 1 is 1.38 bits per heavy atom. The van der Waals surface area contributed by atoms with Crippen LogP contribution in [0.25, 0.3) is 0 Å². The molecule has 1 aromatic heterocycles. The summed E-state index contributed by atoms with van der Waals surface area (Å²) in [4.78, 5) is 26.7. The highest BCUT2D eigenvalue weighted by Crippen LogP contribution is 2.29. The summed E-state index contributed by atoms with van der Waals surface area (Å²) in [5.74, 6) is -1.73. The summed E-state index contributed by atoms with van der Waals surface area (Å²) in [6, 6.07) is 0. The van der Waals surface area contributed by atoms with Gasteiger partial charge in [-0.25, -0.2) is 18.2 Å². The summed E-state index contributed by atoms with van der Waals surface area (Å²) in [7, 11) is -1.46. The van der Waals surface area contributed by atoms with Gasteiger partial charge in [-0.15, -0.1) is 11.3 Å². The minimum atomic E-state index is -3.88. The van der Waals surface area contributed by atoms with Gasteiger partial charge in [-0.05, 0) is 6.42 Å². The first-order valence-electron chi connectivity index (χ1n) is 6.01. The molecule has 0 aromatic carbocycles. The number of aromatic nitrogens is 1. The van der Waals surface area contributed by atoms with Crippen molar-refractivity contribution in [1.82, 2.24) is 9.29 Å². The summed E-state index contributed by atoms with van der Waals surface area (Å²) < 4.78 is 35.2. The fourth-order valence-corrected chi connectivity index (χ4v) is 4.84. The van der Waals surface area contributed by atoms with Crippen molar-refractivity contribution < 1.29 is 27.5 Å². The van der Waals surface area contributed by atoms with Gasteiger partial charge >= 0.3 is 11.9 Å². The zero-order valence-corrected chi connectivity index (χ0v) is 13.1. The molecule has 1 atom stereocenters. The van der Waals surface area contributed by atoms with Gasteiger partial charge in [0.15, 0.2) is 9.90 Å². The number of carbonyl (C=O) groups is 2. The van der Waals surface area contributed by atoms with E-state index in [2.05, 4.69) is 14.5 Å². The van der Waals surface area contributed by atoms with Gasteiger partial charge in [0.25, 0.3) is 10.0 Å². The Hall–Kier alpha value is -1.52. The number of ether oxygens (including phenoxy) is 2. The van der Waals surface area contributed by atoms with Crippen molar-refractivity contribution in [3.05, 3.63) is 11.2 Å². The second kappa shape index (κ2) is 6.08. The molecular weight excluding hydrogens is 320 g/mol. The molecule has 0 N–H and O–H groups in total. The number of rotatable bonds is 4. The van der Waals surface area contributed by atoms with Crippen LogP contribution in [-0.4, -0.2) is 57.0 Å². The zero-order chi connectivity index (χ0) is 15.6. The topological polar surface area (TPSA) is 103 Å². The average Bonchev–Trinajstić information content (AvgIpc) is 3.14. The Bertz CT molecular complexity index is 653. The van der Waals surface area contributed by atoms with Gasteiger partial charge in [0.1, 0.15) is 0 Å². The molecule has 0 amide bonds. The molecule has 21 heavy (non-hydrogen) atoms. The fourth-order valence-electron chi connectivity index (χ4n) is 2.07. The monoisotopic (exact) mass is 334 g/mol. The molecule has 8 nitrogen and oxygen atoms in total. The largest absolute Gasteiger partial charge is 0.469 e. The number of nitrogens with zero attached hydrogens (tertiary/aromatic N) is 2. The summed E-state index contributed by atoms with van der Waals surface area (Å²) in [6.07, 6.45) is 0.387. The van der Waals surface area contributed by atoms with Crippen molar-refractivity contribution in [2.24, 2.45) is 5.92 Å². The highest BCUT2D eigenvalue weighted by Gasteiger charge is 2.39. The minimum absolute atomic E-state index is 0.0352. The quantitative estimate of drug-likeness (QED) is 0.720. The molecule has 116 valence electrons. The molecule has 2 heterocycles. The summed E-state index contributed by atoms with van der Waals surface area (Å²) >= 11 is 0.845. The highest BCUT2D eigenvalue weighted by atomic mass is 32.2. The Balaban J connectivity index is 2.26. The molecule has 1 aliphatic rings. The maximum absolute atomic E-state index is 12.5. The number of esters is 2. The van der Waals surface area contributed by atoms with Crippen LogP contribution in [0.2, 0.25) is 0 Å². The highest BCUT2D eigenvalue weighted by molar-refractivity contribution is 7.91. The van der Waals surface area contributed by atoms with Gasteiger partial charge in [0.2, 0.25) is 0 Å². The zero-order valence-electron chi connectivity index (χ0n) is 11.4. The van der Waals surface area contributed by atoms with Crippen molar-refractivity contribution in [3.8, 4) is 0 Å². The van der Waals surface area contributed by atoms with Crippen LogP contribution >= 0.6 is 11.3 Å². The molecule has 1 fully saturated rings. The molecule has 0 radical (unpaired) electrons. The van der Waals surface area contributed by atoms with Crippen molar-refractivity contribution in [3.63, 3.8) is 0 Å². The predicted octanol–water partition coefficient (Wildman–Crippen LogP) is 0.113. The molecule has 2 rings (SSSR count). The fraction of sp³-hybridized carbons (Fsp3) is 0.545. The lowest BCUT2D eigenvalue weighted by Gasteiger charge is -2.15. The molecule has 0 aliphatic carbocycles. The molecule has 1 unspecified atom stereocenters. The van der Waals surface area contributed by atoms with Crippen molar-refractivity contribution >= 4 is 33.3 Å². The maximum Gasteiger partial charge on any atom is 0.358 e. The molecular formula is C11H14N2O6S2. The van der Waals surface area contributed by atoms with Gasteiger partial charge in [-0.3, -0.25) is 4.79 Å². The smallest absolute Gasteiger partial charge is 0.358 e. The molecule has 10 heteroatoms. The van der Waals surface area contributed by atoms with E-state index in [1.807, 2.05) is 0 Å². The lowest BCUT2D eigenvalue weighted by molar-refractivity contribution is -0.144. The first-order chi connectivity index (χ1) is 9.91. The third-order valence-electron chi connectivity index (χ3n) is 3.17. The molecule has 0 bridgehead atoms. The van der Waals surface area contributed by atoms with Crippen LogP contribution in [0.5, 0.6) is 0 Å². The van der Waals surface area contributed by atoms with Gasteiger partial charge in [0.05, 0.1) is 25.6 Å². The number of carbonyl (C=O) groups excluding carboxylic acids is 2. The molecule has 0 spiro atoms. The van der Waals surface area contributed by atoms with Crippen molar-refractivity contribution in [1.29, 1.82) is 0 Å². The Morgan fingerprint density at radius 2 is 2.10 bits per heavy atom. The van der Waals surface area contributed by atoms with Crippen LogP contribution in [-0.2, 0) is 24.3 Å². The number of methoxy groups -OCH3 is 2. The van der Waals surface area contributed by atoms with E-state index in [9.17, 15) is 18.0 Å². The van der Waals surface area contributed by atoms with Crippen molar-refractivity contribution in [2.45, 2.75) is 10.6 Å². The van der Waals surface area contributed by atoms with E-state index in [0.29, 0.717) is 6.42 Å². The normalized spacial score (nSPS) is 19.4. The number of sulfonamides is 1. The van der Waals surface area contributed by atoms with E-state index in [4.69, 9.17) is 0 Å². The molecule has 1 aromatic rings. The first-order valence-corrected chi connectivity index (χ1v) is 8.33. The molecule has 1 aliphatic heterocycles. The van der Waals surface area contributed by atoms with Crippen LogP contribution in [0.4, 0.5) is 0 Å². The number of thiazole rings is 1. The SMILES string of the molecule is COC(=O)c1ncsc1S(=O)(=O)N1CCC(C(=O)OC)C1. The van der Waals surface area contributed by atoms with Crippen LogP contribution in [0.3, 0.4) is 0 Å². The lowest BCUT2D eigenvalue weighted by Crippen LogP contribution is -2.31. The average molecular weight is 334 g/mol. The van der Waals surface area contributed by atoms with E-state index in [1.54, 1.807) is 0 Å². The van der Waals surface area contributed by atoms with E-state index in [-0.39, 0.29) is 23.0 Å². The van der Waals surface area contributed by atoms with Crippen LogP contribution in [0.1, 0.15) is 16.9 Å². The van der Waals surface area contributed by atoms with E-state index in [1.165, 1.54) is 12.6 Å². The second-order valence-electron chi connectivity index (χ2n) is 4.35. The lowest BCUT2D eigenvalue weighted by atomic mass is 10.1. The van der Waals surface area contributed by atoms with Crippen LogP contribution < -0.4 is 0 Å². The Kier molecular flexibility index (Phi) is 4.59. The summed E-state index contributed by atoms with van der Waals surface area (Å²) in [5, 5.41) is 0. The standard InChI is InChI=1S/C11H14N2O6S2/c1-18-9(14)7-3-4-13(5-7)21(16,17)11-8(10(15)19-2)12-6-20-11/h6-7H,3-5H2,1-2H3. The van der Waals surface area contributed by atoms with Gasteiger partial charge in [-0.1, -0.05) is 0 Å². The number of hydrogen-bond acceptors (Lipinski definition) is 8. The number of hydrogen-bond donors (Lipinski definition) is 0. The van der Waals surface area contributed by atoms with Crippen molar-refractivity contribution in [2.75, 3.05) is 27.3 Å². The van der Waals surface area contributed by atoms with Gasteiger partial charge in [0, 0.05) is 13.1 Å². The van der Waals surface area contributed by atoms with E-state index in [0.717, 1.165) is 22.8 Å². The predicted molar refractivity (Wildman–Crippen MR) is 72.3 cm³/mol. The molecule has 0 saturated carbocycles. The van der Waals surface area contributed by atoms with Gasteiger partial charge in [-0.2, -0.15) is 4.31 Å². The van der Waals surface area contributed by atoms with Crippen LogP contribution in [0.15, 0.2) is 9.72 Å². The first kappa shape index (κ1) is 15.9. The van der Waals surface area contributed by atoms with Gasteiger partial charge < -0.3 is 9.47 Å². The Morgan fingerprint density at radius 3 is 2.71 bits per heavy atom.